The van der Waals surface area contributed by atoms with Gasteiger partial charge in [-0.25, -0.2) is 4.79 Å². The van der Waals surface area contributed by atoms with Crippen LogP contribution in [0.15, 0.2) is 48.6 Å². The minimum atomic E-state index is -0.898. The van der Waals surface area contributed by atoms with Crippen molar-refractivity contribution in [1.29, 1.82) is 0 Å². The minimum Gasteiger partial charge on any atom is -0.478 e. The second kappa shape index (κ2) is 13.5. The van der Waals surface area contributed by atoms with Crippen LogP contribution in [0.2, 0.25) is 0 Å². The van der Waals surface area contributed by atoms with E-state index >= 15 is 0 Å². The van der Waals surface area contributed by atoms with Crippen molar-refractivity contribution in [2.24, 2.45) is 0 Å². The molecular weight excluding hydrogens is 306 g/mol. The van der Waals surface area contributed by atoms with Crippen LogP contribution in [0, 0.1) is 19.8 Å². The Balaban J connectivity index is 0. The molecule has 0 saturated heterocycles. The second-order valence-corrected chi connectivity index (χ2v) is 4.40. The molecule has 0 aliphatic rings. The summed E-state index contributed by atoms with van der Waals surface area (Å²) in [5.41, 5.74) is 1.78. The zero-order valence-electron chi connectivity index (χ0n) is 14.2. The number of carbonyl (C=O) groups is 3. The summed E-state index contributed by atoms with van der Waals surface area (Å²) in [5.74, 6) is -1.13. The van der Waals surface area contributed by atoms with Crippen LogP contribution in [0.5, 0.6) is 0 Å². The number of aliphatic carboxylic acids is 1. The van der Waals surface area contributed by atoms with Crippen molar-refractivity contribution in [3.05, 3.63) is 59.7 Å². The lowest BCUT2D eigenvalue weighted by molar-refractivity contribution is -0.132. The molecule has 2 amide bonds. The smallest absolute Gasteiger partial charge is 0.331 e. The third-order valence-corrected chi connectivity index (χ3v) is 2.81. The number of allylic oxidation sites excluding steroid dienone is 2. The first-order valence-electron chi connectivity index (χ1n) is 7.06. The molecule has 128 valence electrons. The van der Waals surface area contributed by atoms with Crippen LogP contribution in [0.1, 0.15) is 29.8 Å². The summed E-state index contributed by atoms with van der Waals surface area (Å²) >= 11 is 0. The van der Waals surface area contributed by atoms with Crippen LogP contribution in [0.3, 0.4) is 0 Å². The maximum atomic E-state index is 11.7. The molecular formula is C19H23NO4. The largest absolute Gasteiger partial charge is 0.478 e. The zero-order valence-corrected chi connectivity index (χ0v) is 14.2. The van der Waals surface area contributed by atoms with Crippen LogP contribution in [-0.2, 0) is 9.59 Å². The molecule has 1 N–H and O–H groups in total. The van der Waals surface area contributed by atoms with Gasteiger partial charge in [0.2, 0.25) is 6.41 Å². The molecule has 0 aromatic heterocycles. The summed E-state index contributed by atoms with van der Waals surface area (Å²) in [5, 5.41) is 8.20. The maximum absolute atomic E-state index is 11.7. The van der Waals surface area contributed by atoms with E-state index in [1.54, 1.807) is 19.1 Å². The molecule has 1 rings (SSSR count). The Labute approximate surface area is 143 Å². The molecule has 0 atom stereocenters. The average molecular weight is 329 g/mol. The van der Waals surface area contributed by atoms with E-state index in [1.165, 1.54) is 19.1 Å². The van der Waals surface area contributed by atoms with Gasteiger partial charge in [-0.15, -0.1) is 12.8 Å². The van der Waals surface area contributed by atoms with Gasteiger partial charge >= 0.3 is 5.97 Å². The fraction of sp³-hybridized carbons (Fsp3) is 0.211. The van der Waals surface area contributed by atoms with Crippen molar-refractivity contribution in [1.82, 2.24) is 4.90 Å². The van der Waals surface area contributed by atoms with Crippen LogP contribution >= 0.6 is 0 Å². The van der Waals surface area contributed by atoms with Gasteiger partial charge in [0.25, 0.3) is 5.91 Å². The number of amides is 2. The Morgan fingerprint density at radius 2 is 1.83 bits per heavy atom. The lowest BCUT2D eigenvalue weighted by Crippen LogP contribution is -2.29. The van der Waals surface area contributed by atoms with Gasteiger partial charge in [-0.05, 0) is 32.4 Å². The number of benzene rings is 1. The van der Waals surface area contributed by atoms with Crippen LogP contribution < -0.4 is 0 Å². The number of hydrogen-bond donors (Lipinski definition) is 1. The summed E-state index contributed by atoms with van der Waals surface area (Å²) in [6, 6.07) is 7.23. The van der Waals surface area contributed by atoms with E-state index in [0.717, 1.165) is 10.5 Å². The Morgan fingerprint density at radius 1 is 1.29 bits per heavy atom. The average Bonchev–Trinajstić information content (AvgIpc) is 2.59. The van der Waals surface area contributed by atoms with Gasteiger partial charge in [-0.1, -0.05) is 36.9 Å². The second-order valence-electron chi connectivity index (χ2n) is 4.40. The van der Waals surface area contributed by atoms with E-state index < -0.39 is 5.97 Å². The van der Waals surface area contributed by atoms with Gasteiger partial charge in [0.15, 0.2) is 0 Å². The van der Waals surface area contributed by atoms with Crippen LogP contribution in [-0.4, -0.2) is 34.8 Å². The van der Waals surface area contributed by atoms with Crippen LogP contribution in [0.4, 0.5) is 0 Å². The fourth-order valence-corrected chi connectivity index (χ4v) is 1.48. The van der Waals surface area contributed by atoms with Crippen molar-refractivity contribution in [2.45, 2.75) is 20.8 Å². The number of terminal acetylenes is 1. The molecule has 0 aliphatic carbocycles. The molecule has 1 aromatic rings. The molecule has 1 aromatic carbocycles. The van der Waals surface area contributed by atoms with E-state index in [-0.39, 0.29) is 5.91 Å². The Morgan fingerprint density at radius 3 is 2.17 bits per heavy atom. The minimum absolute atomic E-state index is 0.236. The molecule has 5 nitrogen and oxygen atoms in total. The highest BCUT2D eigenvalue weighted by Gasteiger charge is 2.14. The number of carboxylic acids is 1. The molecule has 24 heavy (non-hydrogen) atoms. The van der Waals surface area contributed by atoms with Gasteiger partial charge in [-0.3, -0.25) is 14.5 Å². The van der Waals surface area contributed by atoms with Gasteiger partial charge < -0.3 is 5.11 Å². The summed E-state index contributed by atoms with van der Waals surface area (Å²) in [4.78, 5) is 33.4. The van der Waals surface area contributed by atoms with Crippen molar-refractivity contribution in [3.8, 4) is 12.8 Å². The molecule has 5 heteroatoms. The van der Waals surface area contributed by atoms with Crippen molar-refractivity contribution in [3.63, 3.8) is 0 Å². The molecule has 0 radical (unpaired) electrons. The number of nitrogens with zero attached hydrogens (tertiary/aromatic N) is 1. The summed E-state index contributed by atoms with van der Waals surface area (Å²) < 4.78 is 0. The Bertz CT molecular complexity index is 615. The maximum Gasteiger partial charge on any atom is 0.331 e. The van der Waals surface area contributed by atoms with Crippen LogP contribution in [0.25, 0.3) is 0 Å². The first kappa shape index (κ1) is 23.1. The molecule has 0 bridgehead atoms. The topological polar surface area (TPSA) is 74.7 Å². The predicted octanol–water partition coefficient (Wildman–Crippen LogP) is 3.07. The SMILES string of the molecule is C#C.C=C/C=C(\C)C(=O)O.CCN(C=O)C(=O)c1ccccc1C. The molecule has 0 unspecified atom stereocenters. The highest BCUT2D eigenvalue weighted by Crippen LogP contribution is 2.09. The first-order chi connectivity index (χ1) is 11.4. The first-order valence-corrected chi connectivity index (χ1v) is 7.06. The lowest BCUT2D eigenvalue weighted by Gasteiger charge is -2.13. The molecule has 0 saturated carbocycles. The van der Waals surface area contributed by atoms with Gasteiger partial charge in [-0.2, -0.15) is 0 Å². The molecule has 0 spiro atoms. The van der Waals surface area contributed by atoms with E-state index in [0.29, 0.717) is 24.1 Å². The summed E-state index contributed by atoms with van der Waals surface area (Å²) in [7, 11) is 0. The van der Waals surface area contributed by atoms with E-state index in [4.69, 9.17) is 5.11 Å². The summed E-state index contributed by atoms with van der Waals surface area (Å²) in [6.45, 7) is 8.88. The van der Waals surface area contributed by atoms with Gasteiger partial charge in [0.1, 0.15) is 0 Å². The standard InChI is InChI=1S/C11H13NO2.C6H8O2.C2H2/c1-3-12(8-13)11(14)10-7-5-4-6-9(10)2;1-3-4-5(2)6(7)8;1-2/h4-8H,3H2,1-2H3;3-4H,1H2,2H3,(H,7,8);1-2H/b;5-4+;. The van der Waals surface area contributed by atoms with Crippen molar-refractivity contribution >= 4 is 18.3 Å². The zero-order chi connectivity index (χ0) is 19.1. The third kappa shape index (κ3) is 8.35. The quantitative estimate of drug-likeness (QED) is 0.390. The van der Waals surface area contributed by atoms with Gasteiger partial charge in [0.05, 0.1) is 0 Å². The number of carbonyl (C=O) groups excluding carboxylic acids is 2. The lowest BCUT2D eigenvalue weighted by atomic mass is 10.1. The van der Waals surface area contributed by atoms with E-state index in [1.807, 2.05) is 19.1 Å². The molecule has 0 aliphatic heterocycles. The number of rotatable bonds is 5. The third-order valence-electron chi connectivity index (χ3n) is 2.81. The monoisotopic (exact) mass is 329 g/mol. The predicted molar refractivity (Wildman–Crippen MR) is 95.4 cm³/mol. The highest BCUT2D eigenvalue weighted by molar-refractivity contribution is 6.00. The van der Waals surface area contributed by atoms with Crippen molar-refractivity contribution in [2.75, 3.05) is 6.54 Å². The van der Waals surface area contributed by atoms with Gasteiger partial charge in [0, 0.05) is 17.7 Å². The Kier molecular flexibility index (Phi) is 13.0. The highest BCUT2D eigenvalue weighted by atomic mass is 16.4. The summed E-state index contributed by atoms with van der Waals surface area (Å²) in [6.07, 6.45) is 11.5. The van der Waals surface area contributed by atoms with Crippen molar-refractivity contribution < 1.29 is 19.5 Å². The normalized spacial score (nSPS) is 9.29. The number of aryl methyl sites for hydroxylation is 1. The fourth-order valence-electron chi connectivity index (χ4n) is 1.48. The number of hydrogen-bond acceptors (Lipinski definition) is 3. The molecule has 0 heterocycles. The number of imide groups is 1. The van der Waals surface area contributed by atoms with E-state index in [9.17, 15) is 14.4 Å². The molecule has 0 fully saturated rings. The van der Waals surface area contributed by atoms with E-state index in [2.05, 4.69) is 19.4 Å². The Hall–Kier alpha value is -3.13. The number of carboxylic acid groups (broad SMARTS) is 1.